The zero-order chi connectivity index (χ0) is 26.4. The molecule has 0 N–H and O–H groups in total. The summed E-state index contributed by atoms with van der Waals surface area (Å²) in [7, 11) is 1.56. The van der Waals surface area contributed by atoms with Gasteiger partial charge in [0.2, 0.25) is 5.91 Å². The molecule has 1 aliphatic heterocycles. The van der Waals surface area contributed by atoms with Crippen molar-refractivity contribution < 1.29 is 19.1 Å². The van der Waals surface area contributed by atoms with Crippen LogP contribution in [0.1, 0.15) is 52.2 Å². The van der Waals surface area contributed by atoms with Gasteiger partial charge in [-0.15, -0.1) is 17.9 Å². The molecule has 2 heterocycles. The maximum Gasteiger partial charge on any atom is 0.254 e. The number of ether oxygens (including phenoxy) is 2. The van der Waals surface area contributed by atoms with Crippen LogP contribution in [-0.4, -0.2) is 55.0 Å². The van der Waals surface area contributed by atoms with E-state index in [0.29, 0.717) is 30.4 Å². The van der Waals surface area contributed by atoms with Gasteiger partial charge in [0.05, 0.1) is 13.2 Å². The Balaban J connectivity index is 1.51. The van der Waals surface area contributed by atoms with Crippen molar-refractivity contribution in [2.24, 2.45) is 0 Å². The second-order valence-electron chi connectivity index (χ2n) is 9.39. The van der Waals surface area contributed by atoms with Crippen molar-refractivity contribution in [3.05, 3.63) is 94.2 Å². The third-order valence-electron chi connectivity index (χ3n) is 6.65. The van der Waals surface area contributed by atoms with Crippen LogP contribution in [0.4, 0.5) is 0 Å². The van der Waals surface area contributed by atoms with Gasteiger partial charge in [-0.1, -0.05) is 38.1 Å². The quantitative estimate of drug-likeness (QED) is 0.323. The van der Waals surface area contributed by atoms with Crippen molar-refractivity contribution in [2.45, 2.75) is 32.2 Å². The first-order chi connectivity index (χ1) is 17.9. The van der Waals surface area contributed by atoms with E-state index < -0.39 is 0 Å². The van der Waals surface area contributed by atoms with Crippen molar-refractivity contribution in [3.8, 4) is 11.5 Å². The molecule has 0 unspecified atom stereocenters. The lowest BCUT2D eigenvalue weighted by Gasteiger charge is -2.37. The third-order valence-corrected chi connectivity index (χ3v) is 7.65. The van der Waals surface area contributed by atoms with Gasteiger partial charge in [-0.05, 0) is 65.2 Å². The Morgan fingerprint density at radius 2 is 1.95 bits per heavy atom. The molecule has 0 bridgehead atoms. The molecule has 0 spiro atoms. The summed E-state index contributed by atoms with van der Waals surface area (Å²) in [6, 6.07) is 17.0. The second kappa shape index (κ2) is 12.1. The number of thiophene rings is 1. The summed E-state index contributed by atoms with van der Waals surface area (Å²) < 4.78 is 11.4. The van der Waals surface area contributed by atoms with Crippen LogP contribution < -0.4 is 9.47 Å². The van der Waals surface area contributed by atoms with Gasteiger partial charge in [-0.3, -0.25) is 9.59 Å². The van der Waals surface area contributed by atoms with Gasteiger partial charge in [0.1, 0.15) is 24.7 Å². The number of nitrogens with zero attached hydrogens (tertiary/aromatic N) is 2. The topological polar surface area (TPSA) is 59.1 Å². The van der Waals surface area contributed by atoms with E-state index in [1.54, 1.807) is 48.8 Å². The van der Waals surface area contributed by atoms with E-state index in [2.05, 4.69) is 44.0 Å². The van der Waals surface area contributed by atoms with Crippen LogP contribution >= 0.6 is 11.3 Å². The summed E-state index contributed by atoms with van der Waals surface area (Å²) in [5.41, 5.74) is 2.85. The number of fused-ring (bicyclic) bond motifs is 1. The third kappa shape index (κ3) is 6.23. The molecule has 0 saturated carbocycles. The Hall–Kier alpha value is -3.58. The highest BCUT2D eigenvalue weighted by atomic mass is 32.1. The number of rotatable bonds is 10. The summed E-state index contributed by atoms with van der Waals surface area (Å²) >= 11 is 1.71. The lowest BCUT2D eigenvalue weighted by molar-refractivity contribution is -0.135. The molecule has 3 aromatic rings. The monoisotopic (exact) mass is 518 g/mol. The normalized spacial score (nSPS) is 14.7. The number of hydrogen-bond acceptors (Lipinski definition) is 5. The number of benzene rings is 2. The molecule has 1 aromatic heterocycles. The average molecular weight is 519 g/mol. The van der Waals surface area contributed by atoms with Gasteiger partial charge < -0.3 is 19.3 Å². The number of methoxy groups -OCH3 is 1. The maximum atomic E-state index is 13.6. The van der Waals surface area contributed by atoms with E-state index in [-0.39, 0.29) is 30.9 Å². The van der Waals surface area contributed by atoms with Crippen LogP contribution in [0.15, 0.2) is 72.6 Å². The molecule has 2 aromatic carbocycles. The lowest BCUT2D eigenvalue weighted by Crippen LogP contribution is -2.47. The maximum absolute atomic E-state index is 13.6. The summed E-state index contributed by atoms with van der Waals surface area (Å²) in [5.74, 6) is 1.47. The SMILES string of the molecule is C=CCN(CC(=O)N1CCc2sccc2[C@H]1COc1ccc(C(C)C)cc1)C(=O)c1cccc(OC)c1. The summed E-state index contributed by atoms with van der Waals surface area (Å²) in [5, 5.41) is 2.07. The highest BCUT2D eigenvalue weighted by molar-refractivity contribution is 7.10. The minimum absolute atomic E-state index is 0.0406. The Labute approximate surface area is 223 Å². The van der Waals surface area contributed by atoms with Crippen molar-refractivity contribution >= 4 is 23.2 Å². The molecule has 0 fully saturated rings. The van der Waals surface area contributed by atoms with E-state index in [1.165, 1.54) is 15.3 Å². The second-order valence-corrected chi connectivity index (χ2v) is 10.4. The summed E-state index contributed by atoms with van der Waals surface area (Å²) in [6.45, 7) is 9.27. The molecule has 7 heteroatoms. The Bertz CT molecular complexity index is 1230. The van der Waals surface area contributed by atoms with E-state index in [4.69, 9.17) is 9.47 Å². The lowest BCUT2D eigenvalue weighted by atomic mass is 10.00. The van der Waals surface area contributed by atoms with Gasteiger partial charge in [0.25, 0.3) is 5.91 Å². The molecule has 2 amide bonds. The molecular formula is C30H34N2O4S. The fourth-order valence-corrected chi connectivity index (χ4v) is 5.49. The van der Waals surface area contributed by atoms with Gasteiger partial charge in [0, 0.05) is 23.5 Å². The highest BCUT2D eigenvalue weighted by Gasteiger charge is 2.33. The number of hydrogen-bond donors (Lipinski definition) is 0. The molecule has 6 nitrogen and oxygen atoms in total. The van der Waals surface area contributed by atoms with Crippen molar-refractivity contribution in [2.75, 3.05) is 33.4 Å². The van der Waals surface area contributed by atoms with Crippen molar-refractivity contribution in [3.63, 3.8) is 0 Å². The predicted octanol–water partition coefficient (Wildman–Crippen LogP) is 5.71. The number of amides is 2. The standard InChI is InChI=1S/C30H34N2O4S/c1-5-15-31(30(34)23-7-6-8-25(18-23)35-4)19-29(33)32-16-13-28-26(14-17-37-28)27(32)20-36-24-11-9-22(10-12-24)21(2)3/h5-12,14,17-18,21,27H,1,13,15-16,19-20H2,2-4H3/t27-/m1/s1. The molecule has 0 aliphatic carbocycles. The zero-order valence-corrected chi connectivity index (χ0v) is 22.5. The number of carbonyl (C=O) groups excluding carboxylic acids is 2. The molecular weight excluding hydrogens is 484 g/mol. The minimum Gasteiger partial charge on any atom is -0.497 e. The van der Waals surface area contributed by atoms with Crippen LogP contribution in [0.25, 0.3) is 0 Å². The first-order valence-electron chi connectivity index (χ1n) is 12.5. The molecule has 37 heavy (non-hydrogen) atoms. The van der Waals surface area contributed by atoms with Crippen LogP contribution in [0.3, 0.4) is 0 Å². The van der Waals surface area contributed by atoms with Crippen LogP contribution in [-0.2, 0) is 11.2 Å². The molecule has 1 atom stereocenters. The zero-order valence-electron chi connectivity index (χ0n) is 21.7. The minimum atomic E-state index is -0.238. The summed E-state index contributed by atoms with van der Waals surface area (Å²) in [4.78, 5) is 31.6. The van der Waals surface area contributed by atoms with Crippen molar-refractivity contribution in [1.29, 1.82) is 0 Å². The predicted molar refractivity (Wildman–Crippen MR) is 148 cm³/mol. The highest BCUT2D eigenvalue weighted by Crippen LogP contribution is 2.34. The average Bonchev–Trinajstić information content (AvgIpc) is 3.40. The van der Waals surface area contributed by atoms with Gasteiger partial charge in [-0.25, -0.2) is 0 Å². The largest absolute Gasteiger partial charge is 0.497 e. The smallest absolute Gasteiger partial charge is 0.254 e. The van der Waals surface area contributed by atoms with Crippen LogP contribution in [0.2, 0.25) is 0 Å². The Morgan fingerprint density at radius 1 is 1.16 bits per heavy atom. The van der Waals surface area contributed by atoms with Gasteiger partial charge >= 0.3 is 0 Å². The van der Waals surface area contributed by atoms with E-state index >= 15 is 0 Å². The molecule has 0 radical (unpaired) electrons. The van der Waals surface area contributed by atoms with Crippen molar-refractivity contribution in [1.82, 2.24) is 9.80 Å². The molecule has 0 saturated heterocycles. The molecule has 194 valence electrons. The van der Waals surface area contributed by atoms with E-state index in [9.17, 15) is 9.59 Å². The van der Waals surface area contributed by atoms with E-state index in [0.717, 1.165) is 17.7 Å². The fraction of sp³-hybridized carbons (Fsp3) is 0.333. The molecule has 4 rings (SSSR count). The first kappa shape index (κ1) is 26.5. The van der Waals surface area contributed by atoms with Gasteiger partial charge in [0.15, 0.2) is 0 Å². The Morgan fingerprint density at radius 3 is 2.65 bits per heavy atom. The first-order valence-corrected chi connectivity index (χ1v) is 13.4. The van der Waals surface area contributed by atoms with Gasteiger partial charge in [-0.2, -0.15) is 0 Å². The molecule has 1 aliphatic rings. The van der Waals surface area contributed by atoms with Crippen LogP contribution in [0.5, 0.6) is 11.5 Å². The van der Waals surface area contributed by atoms with Crippen LogP contribution in [0, 0.1) is 0 Å². The Kier molecular flexibility index (Phi) is 8.66. The number of carbonyl (C=O) groups is 2. The van der Waals surface area contributed by atoms with E-state index in [1.807, 2.05) is 17.0 Å². The fourth-order valence-electron chi connectivity index (χ4n) is 4.57. The summed E-state index contributed by atoms with van der Waals surface area (Å²) in [6.07, 6.45) is 2.43.